The summed E-state index contributed by atoms with van der Waals surface area (Å²) in [4.78, 5) is 25.7. The topological polar surface area (TPSA) is 37.4 Å². The van der Waals surface area contributed by atoms with Crippen molar-refractivity contribution >= 4 is 23.3 Å². The molecule has 0 aromatic heterocycles. The zero-order valence-corrected chi connectivity index (χ0v) is 12.6. The van der Waals surface area contributed by atoms with Gasteiger partial charge in [-0.05, 0) is 30.9 Å². The van der Waals surface area contributed by atoms with E-state index >= 15 is 0 Å². The Hall–Kier alpha value is -1.61. The van der Waals surface area contributed by atoms with E-state index in [9.17, 15) is 9.59 Å². The summed E-state index contributed by atoms with van der Waals surface area (Å²) in [5.41, 5.74) is 1.00. The molecule has 21 heavy (non-hydrogen) atoms. The van der Waals surface area contributed by atoms with Crippen molar-refractivity contribution in [1.29, 1.82) is 0 Å². The van der Waals surface area contributed by atoms with Gasteiger partial charge in [0.1, 0.15) is 5.78 Å². The van der Waals surface area contributed by atoms with Crippen LogP contribution in [0.2, 0.25) is 5.02 Å². The fourth-order valence-corrected chi connectivity index (χ4v) is 3.32. The molecule has 1 atom stereocenters. The molecule has 1 saturated carbocycles. The molecule has 0 saturated heterocycles. The summed E-state index contributed by atoms with van der Waals surface area (Å²) in [5, 5.41) is 0.709. The molecule has 0 N–H and O–H groups in total. The molecule has 1 aromatic rings. The molecule has 4 heteroatoms. The molecule has 3 nitrogen and oxygen atoms in total. The number of hydrogen-bond donors (Lipinski definition) is 0. The zero-order chi connectivity index (χ0) is 14.8. The van der Waals surface area contributed by atoms with Crippen molar-refractivity contribution in [3.63, 3.8) is 0 Å². The largest absolute Gasteiger partial charge is 0.316 e. The van der Waals surface area contributed by atoms with Crippen molar-refractivity contribution in [2.24, 2.45) is 5.92 Å². The lowest BCUT2D eigenvalue weighted by atomic mass is 9.93. The van der Waals surface area contributed by atoms with E-state index in [0.717, 1.165) is 18.4 Å². The number of carbonyl (C=O) groups excluding carboxylic acids is 2. The number of halogens is 1. The molecule has 1 aliphatic heterocycles. The first-order valence-corrected chi connectivity index (χ1v) is 7.78. The van der Waals surface area contributed by atoms with Crippen LogP contribution in [0, 0.1) is 5.92 Å². The van der Waals surface area contributed by atoms with Crippen molar-refractivity contribution in [3.05, 3.63) is 47.1 Å². The van der Waals surface area contributed by atoms with E-state index < -0.39 is 0 Å². The van der Waals surface area contributed by atoms with E-state index in [4.69, 9.17) is 11.6 Å². The Morgan fingerprint density at radius 1 is 1.14 bits per heavy atom. The second-order valence-corrected chi connectivity index (χ2v) is 6.17. The van der Waals surface area contributed by atoms with Gasteiger partial charge in [0.15, 0.2) is 0 Å². The van der Waals surface area contributed by atoms with Gasteiger partial charge in [-0.15, -0.1) is 0 Å². The minimum Gasteiger partial charge on any atom is -0.316 e. The van der Waals surface area contributed by atoms with Crippen LogP contribution in [0.1, 0.15) is 31.2 Å². The number of Topliss-reactive ketones (excluding diaryl/α,β-unsaturated/α-hetero) is 1. The van der Waals surface area contributed by atoms with Crippen molar-refractivity contribution in [2.45, 2.75) is 38.1 Å². The summed E-state index contributed by atoms with van der Waals surface area (Å²) in [6.07, 6.45) is 7.25. The number of ketones is 1. The predicted octanol–water partition coefficient (Wildman–Crippen LogP) is 3.37. The van der Waals surface area contributed by atoms with Gasteiger partial charge in [-0.3, -0.25) is 9.59 Å². The number of amides is 1. The zero-order valence-electron chi connectivity index (χ0n) is 11.8. The molecule has 1 fully saturated rings. The standard InChI is InChI=1S/C17H18ClNO2/c18-16-4-2-1-3-12(16)11-13-9-10-19(17(13)21)14-5-7-15(20)8-6-14/h1-4,9-10,13-14H,5-8,11H2. The number of nitrogens with zero attached hydrogens (tertiary/aromatic N) is 1. The van der Waals surface area contributed by atoms with Crippen LogP contribution in [-0.2, 0) is 16.0 Å². The lowest BCUT2D eigenvalue weighted by Crippen LogP contribution is -2.38. The third-order valence-electron chi connectivity index (χ3n) is 4.35. The van der Waals surface area contributed by atoms with Crippen molar-refractivity contribution < 1.29 is 9.59 Å². The van der Waals surface area contributed by atoms with E-state index in [0.29, 0.717) is 30.1 Å². The first kappa shape index (κ1) is 14.3. The number of rotatable bonds is 3. The van der Waals surface area contributed by atoms with Crippen LogP contribution in [0.3, 0.4) is 0 Å². The minimum atomic E-state index is -0.137. The fourth-order valence-electron chi connectivity index (χ4n) is 3.10. The molecule has 3 rings (SSSR count). The molecule has 2 aliphatic rings. The van der Waals surface area contributed by atoms with Gasteiger partial charge in [0, 0.05) is 30.1 Å². The van der Waals surface area contributed by atoms with Crippen LogP contribution in [0.5, 0.6) is 0 Å². The summed E-state index contributed by atoms with van der Waals surface area (Å²) >= 11 is 6.17. The van der Waals surface area contributed by atoms with Crippen molar-refractivity contribution in [1.82, 2.24) is 4.90 Å². The number of benzene rings is 1. The maximum Gasteiger partial charge on any atom is 0.234 e. The molecular formula is C17H18ClNO2. The molecule has 110 valence electrons. The number of hydrogen-bond acceptors (Lipinski definition) is 2. The molecule has 1 unspecified atom stereocenters. The van der Waals surface area contributed by atoms with Crippen LogP contribution < -0.4 is 0 Å². The summed E-state index contributed by atoms with van der Waals surface area (Å²) in [6.45, 7) is 0. The SMILES string of the molecule is O=C1CCC(N2C=CC(Cc3ccccc3Cl)C2=O)CC1. The lowest BCUT2D eigenvalue weighted by molar-refractivity contribution is -0.133. The van der Waals surface area contributed by atoms with Gasteiger partial charge in [-0.1, -0.05) is 35.9 Å². The Balaban J connectivity index is 1.66. The normalized spacial score (nSPS) is 23.1. The predicted molar refractivity (Wildman–Crippen MR) is 81.9 cm³/mol. The van der Waals surface area contributed by atoms with Crippen LogP contribution in [-0.4, -0.2) is 22.6 Å². The Bertz CT molecular complexity index is 586. The first-order chi connectivity index (χ1) is 10.1. The van der Waals surface area contributed by atoms with Gasteiger partial charge in [0.2, 0.25) is 5.91 Å². The molecule has 1 heterocycles. The smallest absolute Gasteiger partial charge is 0.234 e. The third-order valence-corrected chi connectivity index (χ3v) is 4.72. The van der Waals surface area contributed by atoms with E-state index in [1.807, 2.05) is 41.4 Å². The van der Waals surface area contributed by atoms with Crippen LogP contribution in [0.15, 0.2) is 36.5 Å². The molecule has 0 bridgehead atoms. The second-order valence-electron chi connectivity index (χ2n) is 5.76. The Kier molecular flexibility index (Phi) is 4.11. The van der Waals surface area contributed by atoms with E-state index in [1.165, 1.54) is 0 Å². The maximum atomic E-state index is 12.5. The van der Waals surface area contributed by atoms with Gasteiger partial charge >= 0.3 is 0 Å². The van der Waals surface area contributed by atoms with Gasteiger partial charge in [-0.25, -0.2) is 0 Å². The van der Waals surface area contributed by atoms with E-state index in [-0.39, 0.29) is 17.9 Å². The van der Waals surface area contributed by atoms with E-state index in [2.05, 4.69) is 0 Å². The molecule has 0 radical (unpaired) electrons. The summed E-state index contributed by atoms with van der Waals surface area (Å²) in [6, 6.07) is 7.83. The van der Waals surface area contributed by atoms with Gasteiger partial charge in [-0.2, -0.15) is 0 Å². The second kappa shape index (κ2) is 6.02. The minimum absolute atomic E-state index is 0.134. The highest BCUT2D eigenvalue weighted by Gasteiger charge is 2.33. The lowest BCUT2D eigenvalue weighted by Gasteiger charge is -2.30. The Morgan fingerprint density at radius 3 is 2.57 bits per heavy atom. The summed E-state index contributed by atoms with van der Waals surface area (Å²) in [5.74, 6) is 0.311. The average molecular weight is 304 g/mol. The molecule has 1 aliphatic carbocycles. The van der Waals surface area contributed by atoms with E-state index in [1.54, 1.807) is 0 Å². The van der Waals surface area contributed by atoms with Crippen molar-refractivity contribution in [3.8, 4) is 0 Å². The van der Waals surface area contributed by atoms with Gasteiger partial charge in [0.25, 0.3) is 0 Å². The quantitative estimate of drug-likeness (QED) is 0.858. The molecule has 0 spiro atoms. The molecule has 1 amide bonds. The Morgan fingerprint density at radius 2 is 1.86 bits per heavy atom. The van der Waals surface area contributed by atoms with Crippen LogP contribution in [0.4, 0.5) is 0 Å². The highest BCUT2D eigenvalue weighted by molar-refractivity contribution is 6.31. The van der Waals surface area contributed by atoms with Crippen LogP contribution in [0.25, 0.3) is 0 Å². The fraction of sp³-hybridized carbons (Fsp3) is 0.412. The monoisotopic (exact) mass is 303 g/mol. The highest BCUT2D eigenvalue weighted by Crippen LogP contribution is 2.29. The van der Waals surface area contributed by atoms with Crippen LogP contribution >= 0.6 is 11.6 Å². The summed E-state index contributed by atoms with van der Waals surface area (Å²) in [7, 11) is 0. The third kappa shape index (κ3) is 3.03. The Labute approximate surface area is 129 Å². The summed E-state index contributed by atoms with van der Waals surface area (Å²) < 4.78 is 0. The van der Waals surface area contributed by atoms with Gasteiger partial charge < -0.3 is 4.90 Å². The molecule has 1 aromatic carbocycles. The number of carbonyl (C=O) groups is 2. The average Bonchev–Trinajstić information content (AvgIpc) is 2.84. The van der Waals surface area contributed by atoms with Crippen molar-refractivity contribution in [2.75, 3.05) is 0 Å². The van der Waals surface area contributed by atoms with Gasteiger partial charge in [0.05, 0.1) is 5.92 Å². The first-order valence-electron chi connectivity index (χ1n) is 7.41. The molecular weight excluding hydrogens is 286 g/mol. The maximum absolute atomic E-state index is 12.5. The highest BCUT2D eigenvalue weighted by atomic mass is 35.5.